The molecule has 2 heterocycles. The van der Waals surface area contributed by atoms with Gasteiger partial charge in [0.05, 0.1) is 18.0 Å². The zero-order valence-electron chi connectivity index (χ0n) is 11.5. The Labute approximate surface area is 119 Å². The van der Waals surface area contributed by atoms with Crippen LogP contribution in [0.15, 0.2) is 18.2 Å². The van der Waals surface area contributed by atoms with Crippen LogP contribution in [-0.2, 0) is 16.4 Å². The first kappa shape index (κ1) is 13.9. The zero-order chi connectivity index (χ0) is 14.3. The molecule has 2 aliphatic rings. The van der Waals surface area contributed by atoms with Gasteiger partial charge in [0.1, 0.15) is 0 Å². The maximum atomic E-state index is 11.7. The number of hydrogen-bond acceptors (Lipinski definition) is 4. The lowest BCUT2D eigenvalue weighted by molar-refractivity contribution is 0.137. The number of rotatable bonds is 3. The van der Waals surface area contributed by atoms with Gasteiger partial charge in [0.2, 0.25) is 10.0 Å². The van der Waals surface area contributed by atoms with Crippen molar-refractivity contribution in [3.05, 3.63) is 29.3 Å². The van der Waals surface area contributed by atoms with Gasteiger partial charge in [0, 0.05) is 12.6 Å². The molecule has 1 fully saturated rings. The van der Waals surface area contributed by atoms with Crippen molar-refractivity contribution in [3.63, 3.8) is 0 Å². The second-order valence-electron chi connectivity index (χ2n) is 5.62. The van der Waals surface area contributed by atoms with E-state index in [1.54, 1.807) is 0 Å². The van der Waals surface area contributed by atoms with Crippen molar-refractivity contribution in [2.45, 2.75) is 31.4 Å². The van der Waals surface area contributed by atoms with Gasteiger partial charge in [-0.15, -0.1) is 0 Å². The molecule has 1 saturated heterocycles. The van der Waals surface area contributed by atoms with Crippen LogP contribution in [-0.4, -0.2) is 38.9 Å². The molecule has 5 nitrogen and oxygen atoms in total. The van der Waals surface area contributed by atoms with Crippen molar-refractivity contribution in [1.29, 1.82) is 0 Å². The van der Waals surface area contributed by atoms with Crippen molar-refractivity contribution < 1.29 is 13.5 Å². The quantitative estimate of drug-likeness (QED) is 0.865. The molecule has 2 atom stereocenters. The van der Waals surface area contributed by atoms with E-state index in [-0.39, 0.29) is 6.04 Å². The van der Waals surface area contributed by atoms with Crippen LogP contribution in [0.2, 0.25) is 0 Å². The van der Waals surface area contributed by atoms with Crippen LogP contribution < -0.4 is 9.62 Å². The predicted octanol–water partition coefficient (Wildman–Crippen LogP) is 0.794. The molecule has 1 aromatic carbocycles. The lowest BCUT2D eigenvalue weighted by Gasteiger charge is -2.20. The minimum absolute atomic E-state index is 0.112. The number of nitrogens with one attached hydrogen (secondary N) is 1. The van der Waals surface area contributed by atoms with Gasteiger partial charge in [-0.2, -0.15) is 0 Å². The number of aliphatic hydroxyl groups excluding tert-OH is 1. The fourth-order valence-electron chi connectivity index (χ4n) is 3.13. The Bertz CT molecular complexity index is 609. The van der Waals surface area contributed by atoms with Gasteiger partial charge < -0.3 is 10.4 Å². The van der Waals surface area contributed by atoms with Crippen molar-refractivity contribution in [2.24, 2.45) is 0 Å². The first-order chi connectivity index (χ1) is 9.47. The number of benzene rings is 1. The zero-order valence-corrected chi connectivity index (χ0v) is 12.4. The summed E-state index contributed by atoms with van der Waals surface area (Å²) in [6, 6.07) is 5.72. The predicted molar refractivity (Wildman–Crippen MR) is 78.3 cm³/mol. The number of anilines is 1. The molecule has 20 heavy (non-hydrogen) atoms. The van der Waals surface area contributed by atoms with Gasteiger partial charge in [0.25, 0.3) is 0 Å². The summed E-state index contributed by atoms with van der Waals surface area (Å²) < 4.78 is 24.8. The van der Waals surface area contributed by atoms with Crippen LogP contribution in [0.3, 0.4) is 0 Å². The fourth-order valence-corrected chi connectivity index (χ4v) is 4.09. The topological polar surface area (TPSA) is 69.6 Å². The average Bonchev–Trinajstić information content (AvgIpc) is 3.05. The van der Waals surface area contributed by atoms with Gasteiger partial charge in [-0.3, -0.25) is 4.31 Å². The molecule has 2 aliphatic heterocycles. The second-order valence-corrected chi connectivity index (χ2v) is 7.53. The first-order valence-electron chi connectivity index (χ1n) is 6.99. The summed E-state index contributed by atoms with van der Waals surface area (Å²) in [7, 11) is -3.21. The van der Waals surface area contributed by atoms with E-state index in [9.17, 15) is 13.5 Å². The van der Waals surface area contributed by atoms with E-state index < -0.39 is 16.1 Å². The number of fused-ring (bicyclic) bond motifs is 1. The molecule has 0 aliphatic carbocycles. The number of hydrogen-bond donors (Lipinski definition) is 2. The third-order valence-corrected chi connectivity index (χ3v) is 5.36. The van der Waals surface area contributed by atoms with Crippen LogP contribution in [0.25, 0.3) is 0 Å². The van der Waals surface area contributed by atoms with Crippen LogP contribution in [0.4, 0.5) is 5.69 Å². The number of sulfonamides is 1. The summed E-state index contributed by atoms with van der Waals surface area (Å²) in [6.07, 6.45) is 3.49. The van der Waals surface area contributed by atoms with E-state index in [4.69, 9.17) is 0 Å². The lowest BCUT2D eigenvalue weighted by Crippen LogP contribution is -2.29. The maximum Gasteiger partial charge on any atom is 0.232 e. The van der Waals surface area contributed by atoms with Gasteiger partial charge in [-0.1, -0.05) is 12.1 Å². The van der Waals surface area contributed by atoms with Gasteiger partial charge in [0.15, 0.2) is 0 Å². The van der Waals surface area contributed by atoms with E-state index >= 15 is 0 Å². The summed E-state index contributed by atoms with van der Waals surface area (Å²) in [4.78, 5) is 0. The molecule has 0 bridgehead atoms. The summed E-state index contributed by atoms with van der Waals surface area (Å²) in [5, 5.41) is 13.7. The van der Waals surface area contributed by atoms with Crippen molar-refractivity contribution in [2.75, 3.05) is 23.7 Å². The second kappa shape index (κ2) is 5.02. The molecule has 0 aromatic heterocycles. The number of nitrogens with zero attached hydrogens (tertiary/aromatic N) is 1. The van der Waals surface area contributed by atoms with Crippen LogP contribution in [0.1, 0.15) is 30.1 Å². The van der Waals surface area contributed by atoms with E-state index in [0.717, 1.165) is 36.2 Å². The smallest absolute Gasteiger partial charge is 0.232 e. The molecule has 0 saturated carbocycles. The molecule has 3 rings (SSSR count). The van der Waals surface area contributed by atoms with Gasteiger partial charge in [-0.05, 0) is 43.0 Å². The summed E-state index contributed by atoms with van der Waals surface area (Å²) >= 11 is 0. The molecule has 110 valence electrons. The Morgan fingerprint density at radius 1 is 1.45 bits per heavy atom. The van der Waals surface area contributed by atoms with Crippen LogP contribution in [0, 0.1) is 0 Å². The Kier molecular flexibility index (Phi) is 3.48. The van der Waals surface area contributed by atoms with Crippen molar-refractivity contribution in [1.82, 2.24) is 5.32 Å². The third-order valence-electron chi connectivity index (χ3n) is 4.18. The molecule has 6 heteroatoms. The summed E-state index contributed by atoms with van der Waals surface area (Å²) in [6.45, 7) is 1.45. The Morgan fingerprint density at radius 3 is 2.90 bits per heavy atom. The van der Waals surface area contributed by atoms with Crippen LogP contribution in [0.5, 0.6) is 0 Å². The Hall–Kier alpha value is -1.11. The first-order valence-corrected chi connectivity index (χ1v) is 8.83. The number of aliphatic hydroxyl groups is 1. The van der Waals surface area contributed by atoms with E-state index in [2.05, 4.69) is 5.32 Å². The molecule has 2 unspecified atom stereocenters. The van der Waals surface area contributed by atoms with E-state index in [1.165, 1.54) is 10.6 Å². The minimum Gasteiger partial charge on any atom is -0.387 e. The highest BCUT2D eigenvalue weighted by atomic mass is 32.2. The third kappa shape index (κ3) is 2.43. The van der Waals surface area contributed by atoms with E-state index in [1.807, 2.05) is 18.2 Å². The molecular formula is C14H20N2O3S. The Balaban J connectivity index is 1.87. The lowest BCUT2D eigenvalue weighted by atomic mass is 9.98. The molecule has 1 aromatic rings. The Morgan fingerprint density at radius 2 is 2.25 bits per heavy atom. The highest BCUT2D eigenvalue weighted by Gasteiger charge is 2.29. The SMILES string of the molecule is CS(=O)(=O)N1CCc2cc(C(O)C3CCCN3)ccc21. The highest BCUT2D eigenvalue weighted by Crippen LogP contribution is 2.33. The highest BCUT2D eigenvalue weighted by molar-refractivity contribution is 7.92. The molecular weight excluding hydrogens is 276 g/mol. The van der Waals surface area contributed by atoms with Gasteiger partial charge in [-0.25, -0.2) is 8.42 Å². The van der Waals surface area contributed by atoms with E-state index in [0.29, 0.717) is 13.0 Å². The average molecular weight is 296 g/mol. The van der Waals surface area contributed by atoms with Gasteiger partial charge >= 0.3 is 0 Å². The standard InChI is InChI=1S/C14H20N2O3S/c1-20(18,19)16-8-6-10-9-11(4-5-13(10)16)14(17)12-3-2-7-15-12/h4-5,9,12,14-15,17H,2-3,6-8H2,1H3. The van der Waals surface area contributed by atoms with Crippen molar-refractivity contribution >= 4 is 15.7 Å². The minimum atomic E-state index is -3.21. The monoisotopic (exact) mass is 296 g/mol. The molecule has 0 radical (unpaired) electrons. The molecule has 2 N–H and O–H groups in total. The normalized spacial score (nSPS) is 23.9. The van der Waals surface area contributed by atoms with Crippen molar-refractivity contribution in [3.8, 4) is 0 Å². The fraction of sp³-hybridized carbons (Fsp3) is 0.571. The maximum absolute atomic E-state index is 11.7. The van der Waals surface area contributed by atoms with Crippen LogP contribution >= 0.6 is 0 Å². The largest absolute Gasteiger partial charge is 0.387 e. The molecule has 0 amide bonds. The molecule has 0 spiro atoms. The summed E-state index contributed by atoms with van der Waals surface area (Å²) in [5.41, 5.74) is 2.63. The summed E-state index contributed by atoms with van der Waals surface area (Å²) in [5.74, 6) is 0.